The fraction of sp³-hybridized carbons (Fsp3) is 0.235. The minimum absolute atomic E-state index is 1.07. The highest BCUT2D eigenvalue weighted by Crippen LogP contribution is 2.30. The summed E-state index contributed by atoms with van der Waals surface area (Å²) in [6, 6.07) is 17.3. The van der Waals surface area contributed by atoms with Gasteiger partial charge < -0.3 is 0 Å². The van der Waals surface area contributed by atoms with E-state index in [9.17, 15) is 0 Å². The standard InChI is InChI=1S/C17H19/c1-4-15(16-11-7-5-9-13(16)2)17-12-8-6-10-14(17)3/h5-12H,4H2,1-3H3. The first-order valence-electron chi connectivity index (χ1n) is 6.22. The zero-order chi connectivity index (χ0) is 12.3. The molecule has 87 valence electrons. The van der Waals surface area contributed by atoms with Gasteiger partial charge in [0, 0.05) is 5.92 Å². The van der Waals surface area contributed by atoms with Gasteiger partial charge in [-0.05, 0) is 42.5 Å². The van der Waals surface area contributed by atoms with Gasteiger partial charge in [0.05, 0.1) is 0 Å². The van der Waals surface area contributed by atoms with E-state index in [1.165, 1.54) is 28.2 Å². The fourth-order valence-electron chi connectivity index (χ4n) is 2.35. The van der Waals surface area contributed by atoms with Crippen molar-refractivity contribution in [2.75, 3.05) is 0 Å². The monoisotopic (exact) mass is 223 g/mol. The van der Waals surface area contributed by atoms with Crippen molar-refractivity contribution in [3.63, 3.8) is 0 Å². The third-order valence-corrected chi connectivity index (χ3v) is 3.29. The number of rotatable bonds is 3. The summed E-state index contributed by atoms with van der Waals surface area (Å²) in [6.45, 7) is 6.60. The molecule has 0 heteroatoms. The maximum atomic E-state index is 2.23. The Bertz CT molecular complexity index is 451. The van der Waals surface area contributed by atoms with Crippen LogP contribution in [0.15, 0.2) is 48.5 Å². The molecule has 0 N–H and O–H groups in total. The number of hydrogen-bond acceptors (Lipinski definition) is 0. The van der Waals surface area contributed by atoms with Crippen molar-refractivity contribution in [2.45, 2.75) is 27.2 Å². The first-order chi connectivity index (χ1) is 8.24. The lowest BCUT2D eigenvalue weighted by Gasteiger charge is -2.19. The molecule has 2 rings (SSSR count). The van der Waals surface area contributed by atoms with Gasteiger partial charge >= 0.3 is 0 Å². The predicted octanol–water partition coefficient (Wildman–Crippen LogP) is 4.68. The van der Waals surface area contributed by atoms with Crippen LogP contribution in [0.3, 0.4) is 0 Å². The molecule has 0 aliphatic carbocycles. The molecule has 0 saturated carbocycles. The van der Waals surface area contributed by atoms with E-state index in [2.05, 4.69) is 69.3 Å². The van der Waals surface area contributed by atoms with Crippen LogP contribution in [0.5, 0.6) is 0 Å². The number of hydrogen-bond donors (Lipinski definition) is 0. The van der Waals surface area contributed by atoms with Crippen LogP contribution < -0.4 is 0 Å². The lowest BCUT2D eigenvalue weighted by atomic mass is 9.84. The Morgan fingerprint density at radius 2 is 1.18 bits per heavy atom. The summed E-state index contributed by atoms with van der Waals surface area (Å²) in [5.74, 6) is 1.45. The van der Waals surface area contributed by atoms with Crippen LogP contribution in [0.2, 0.25) is 0 Å². The molecule has 0 aliphatic rings. The maximum Gasteiger partial charge on any atom is 0.0342 e. The molecule has 0 aliphatic heterocycles. The minimum atomic E-state index is 1.07. The Balaban J connectivity index is 2.48. The van der Waals surface area contributed by atoms with Gasteiger partial charge in [0.2, 0.25) is 0 Å². The molecule has 17 heavy (non-hydrogen) atoms. The van der Waals surface area contributed by atoms with Crippen LogP contribution in [0.1, 0.15) is 35.6 Å². The molecular weight excluding hydrogens is 204 g/mol. The number of benzene rings is 2. The van der Waals surface area contributed by atoms with Gasteiger partial charge in [-0.1, -0.05) is 55.5 Å². The lowest BCUT2D eigenvalue weighted by Crippen LogP contribution is -2.04. The average molecular weight is 223 g/mol. The molecule has 0 unspecified atom stereocenters. The molecule has 0 aromatic heterocycles. The highest BCUT2D eigenvalue weighted by Gasteiger charge is 2.15. The van der Waals surface area contributed by atoms with Crippen LogP contribution in [0.25, 0.3) is 0 Å². The molecule has 0 amide bonds. The highest BCUT2D eigenvalue weighted by molar-refractivity contribution is 5.51. The Labute approximate surface area is 104 Å². The largest absolute Gasteiger partial charge is 0.0642 e. The summed E-state index contributed by atoms with van der Waals surface area (Å²) in [4.78, 5) is 0. The van der Waals surface area contributed by atoms with Gasteiger partial charge in [0.15, 0.2) is 0 Å². The summed E-state index contributed by atoms with van der Waals surface area (Å²) in [6.07, 6.45) is 1.07. The molecule has 0 atom stereocenters. The summed E-state index contributed by atoms with van der Waals surface area (Å²) in [5, 5.41) is 0. The summed E-state index contributed by atoms with van der Waals surface area (Å²) in [5.41, 5.74) is 5.47. The summed E-state index contributed by atoms with van der Waals surface area (Å²) < 4.78 is 0. The van der Waals surface area contributed by atoms with E-state index in [0.29, 0.717) is 0 Å². The quantitative estimate of drug-likeness (QED) is 0.708. The van der Waals surface area contributed by atoms with Crippen LogP contribution >= 0.6 is 0 Å². The van der Waals surface area contributed by atoms with Crippen molar-refractivity contribution in [3.05, 3.63) is 76.7 Å². The van der Waals surface area contributed by atoms with Crippen molar-refractivity contribution in [2.24, 2.45) is 0 Å². The molecule has 0 fully saturated rings. The SMILES string of the molecule is CC[C](c1ccccc1C)c1ccccc1C. The van der Waals surface area contributed by atoms with Gasteiger partial charge in [-0.25, -0.2) is 0 Å². The van der Waals surface area contributed by atoms with Crippen LogP contribution in [0, 0.1) is 19.8 Å². The molecule has 0 spiro atoms. The van der Waals surface area contributed by atoms with Crippen molar-refractivity contribution in [1.82, 2.24) is 0 Å². The van der Waals surface area contributed by atoms with E-state index in [-0.39, 0.29) is 0 Å². The zero-order valence-corrected chi connectivity index (χ0v) is 10.8. The zero-order valence-electron chi connectivity index (χ0n) is 10.8. The molecule has 2 aromatic carbocycles. The molecule has 2 aromatic rings. The lowest BCUT2D eigenvalue weighted by molar-refractivity contribution is 0.972. The van der Waals surface area contributed by atoms with Crippen molar-refractivity contribution in [3.8, 4) is 0 Å². The van der Waals surface area contributed by atoms with E-state index in [1.54, 1.807) is 0 Å². The van der Waals surface area contributed by atoms with Crippen molar-refractivity contribution in [1.29, 1.82) is 0 Å². The Kier molecular flexibility index (Phi) is 3.63. The molecule has 0 bridgehead atoms. The topological polar surface area (TPSA) is 0 Å². The van der Waals surface area contributed by atoms with E-state index < -0.39 is 0 Å². The van der Waals surface area contributed by atoms with Crippen LogP contribution in [-0.2, 0) is 0 Å². The second-order valence-corrected chi connectivity index (χ2v) is 4.46. The average Bonchev–Trinajstić information content (AvgIpc) is 2.34. The fourth-order valence-corrected chi connectivity index (χ4v) is 2.35. The third kappa shape index (κ3) is 2.41. The molecular formula is C17H19. The predicted molar refractivity (Wildman–Crippen MR) is 74.1 cm³/mol. The molecule has 0 nitrogen and oxygen atoms in total. The first kappa shape index (κ1) is 11.9. The van der Waals surface area contributed by atoms with Crippen LogP contribution in [0.4, 0.5) is 0 Å². The molecule has 0 saturated heterocycles. The maximum absolute atomic E-state index is 2.23. The normalized spacial score (nSPS) is 10.8. The molecule has 0 heterocycles. The van der Waals surface area contributed by atoms with E-state index in [1.807, 2.05) is 0 Å². The Morgan fingerprint density at radius 3 is 1.53 bits per heavy atom. The summed E-state index contributed by atoms with van der Waals surface area (Å²) >= 11 is 0. The van der Waals surface area contributed by atoms with E-state index in [0.717, 1.165) is 6.42 Å². The highest BCUT2D eigenvalue weighted by atomic mass is 14.2. The van der Waals surface area contributed by atoms with Crippen molar-refractivity contribution < 1.29 is 0 Å². The van der Waals surface area contributed by atoms with Gasteiger partial charge in [-0.2, -0.15) is 0 Å². The Hall–Kier alpha value is -1.56. The second kappa shape index (κ2) is 5.18. The minimum Gasteiger partial charge on any atom is -0.0642 e. The van der Waals surface area contributed by atoms with Crippen molar-refractivity contribution >= 4 is 0 Å². The second-order valence-electron chi connectivity index (χ2n) is 4.46. The summed E-state index contributed by atoms with van der Waals surface area (Å²) in [7, 11) is 0. The van der Waals surface area contributed by atoms with Gasteiger partial charge in [0.25, 0.3) is 0 Å². The molecule has 1 radical (unpaired) electrons. The smallest absolute Gasteiger partial charge is 0.0342 e. The van der Waals surface area contributed by atoms with Gasteiger partial charge in [-0.3, -0.25) is 0 Å². The third-order valence-electron chi connectivity index (χ3n) is 3.29. The van der Waals surface area contributed by atoms with Gasteiger partial charge in [0.1, 0.15) is 0 Å². The van der Waals surface area contributed by atoms with Gasteiger partial charge in [-0.15, -0.1) is 0 Å². The first-order valence-corrected chi connectivity index (χ1v) is 6.22. The van der Waals surface area contributed by atoms with E-state index in [4.69, 9.17) is 0 Å². The van der Waals surface area contributed by atoms with Crippen LogP contribution in [-0.4, -0.2) is 0 Å². The van der Waals surface area contributed by atoms with E-state index >= 15 is 0 Å². The Morgan fingerprint density at radius 1 is 0.765 bits per heavy atom. The number of aryl methyl sites for hydroxylation is 2.